The normalized spacial score (nSPS) is 19.3. The van der Waals surface area contributed by atoms with Crippen LogP contribution in [0.1, 0.15) is 19.4 Å². The van der Waals surface area contributed by atoms with Gasteiger partial charge in [-0.25, -0.2) is 4.99 Å². The van der Waals surface area contributed by atoms with Crippen LogP contribution in [0.4, 0.5) is 18.9 Å². The van der Waals surface area contributed by atoms with Gasteiger partial charge < -0.3 is 20.4 Å². The monoisotopic (exact) mass is 568 g/mol. The number of nitrogens with zero attached hydrogens (tertiary/aromatic N) is 4. The molecule has 180 valence electrons. The summed E-state index contributed by atoms with van der Waals surface area (Å²) in [6, 6.07) is 6.55. The lowest BCUT2D eigenvalue weighted by atomic mass is 10.2. The lowest BCUT2D eigenvalue weighted by molar-refractivity contribution is -0.181. The van der Waals surface area contributed by atoms with Crippen molar-refractivity contribution in [1.82, 2.24) is 20.4 Å². The second-order valence-corrected chi connectivity index (χ2v) is 7.85. The Morgan fingerprint density at radius 1 is 1.16 bits per heavy atom. The number of benzene rings is 1. The van der Waals surface area contributed by atoms with Gasteiger partial charge in [-0.05, 0) is 31.5 Å². The zero-order chi connectivity index (χ0) is 22.4. The van der Waals surface area contributed by atoms with Crippen molar-refractivity contribution >= 4 is 41.5 Å². The number of carbonyl (C=O) groups is 1. The van der Waals surface area contributed by atoms with Crippen LogP contribution in [-0.4, -0.2) is 86.2 Å². The van der Waals surface area contributed by atoms with E-state index in [0.717, 1.165) is 23.8 Å². The predicted octanol–water partition coefficient (Wildman–Crippen LogP) is 2.27. The Balaban J connectivity index is 0.00000363. The van der Waals surface area contributed by atoms with Crippen molar-refractivity contribution in [2.24, 2.45) is 4.99 Å². The molecule has 1 unspecified atom stereocenters. The molecule has 0 radical (unpaired) electrons. The third-order valence-corrected chi connectivity index (χ3v) is 5.72. The van der Waals surface area contributed by atoms with Gasteiger partial charge in [-0.15, -0.1) is 24.0 Å². The molecular formula is C21H32F3IN6O. The van der Waals surface area contributed by atoms with Gasteiger partial charge in [-0.2, -0.15) is 13.2 Å². The summed E-state index contributed by atoms with van der Waals surface area (Å²) in [4.78, 5) is 21.8. The van der Waals surface area contributed by atoms with E-state index in [-0.39, 0.29) is 29.9 Å². The topological polar surface area (TPSA) is 63.2 Å². The molecule has 2 heterocycles. The average Bonchev–Trinajstić information content (AvgIpc) is 2.76. The fourth-order valence-corrected chi connectivity index (χ4v) is 3.79. The van der Waals surface area contributed by atoms with Crippen LogP contribution in [0.15, 0.2) is 29.3 Å². The summed E-state index contributed by atoms with van der Waals surface area (Å²) in [7, 11) is 0. The molecule has 2 N–H and O–H groups in total. The number of halogens is 4. The van der Waals surface area contributed by atoms with Gasteiger partial charge >= 0.3 is 6.18 Å². The minimum Gasteiger partial charge on any atom is -0.360 e. The number of aliphatic imine (C=N–C) groups is 1. The van der Waals surface area contributed by atoms with E-state index < -0.39 is 12.2 Å². The second-order valence-electron chi connectivity index (χ2n) is 7.85. The average molecular weight is 568 g/mol. The van der Waals surface area contributed by atoms with Crippen LogP contribution in [0.3, 0.4) is 0 Å². The van der Waals surface area contributed by atoms with Crippen LogP contribution in [0, 0.1) is 0 Å². The van der Waals surface area contributed by atoms with Gasteiger partial charge in [0, 0.05) is 51.5 Å². The molecule has 11 heteroatoms. The first-order valence-corrected chi connectivity index (χ1v) is 10.7. The molecule has 32 heavy (non-hydrogen) atoms. The molecule has 1 amide bonds. The first-order chi connectivity index (χ1) is 14.8. The van der Waals surface area contributed by atoms with E-state index in [4.69, 9.17) is 4.99 Å². The molecule has 0 aromatic heterocycles. The number of rotatable bonds is 5. The van der Waals surface area contributed by atoms with E-state index in [9.17, 15) is 18.0 Å². The van der Waals surface area contributed by atoms with Crippen molar-refractivity contribution in [3.05, 3.63) is 29.8 Å². The van der Waals surface area contributed by atoms with E-state index in [0.29, 0.717) is 52.4 Å². The molecule has 0 bridgehead atoms. The maximum atomic E-state index is 13.0. The highest BCUT2D eigenvalue weighted by molar-refractivity contribution is 14.0. The van der Waals surface area contributed by atoms with E-state index in [1.165, 1.54) is 11.8 Å². The van der Waals surface area contributed by atoms with Crippen molar-refractivity contribution in [2.75, 3.05) is 57.3 Å². The zero-order valence-corrected chi connectivity index (χ0v) is 20.8. The third-order valence-electron chi connectivity index (χ3n) is 5.72. The maximum Gasteiger partial charge on any atom is 0.403 e. The Morgan fingerprint density at radius 3 is 2.38 bits per heavy atom. The molecule has 1 aromatic rings. The van der Waals surface area contributed by atoms with Crippen molar-refractivity contribution in [2.45, 2.75) is 32.6 Å². The number of anilines is 1. The Hall–Kier alpha value is -1.76. The zero-order valence-electron chi connectivity index (χ0n) is 18.5. The SMILES string of the molecule is CCNC(=NCc1ccc(N2CCNC(=O)C2)cc1)N1CCN(C(C)C(F)(F)F)CC1.I. The van der Waals surface area contributed by atoms with Crippen LogP contribution in [0.25, 0.3) is 0 Å². The molecule has 0 saturated carbocycles. The van der Waals surface area contributed by atoms with E-state index in [1.807, 2.05) is 41.0 Å². The molecule has 2 saturated heterocycles. The Morgan fingerprint density at radius 2 is 1.81 bits per heavy atom. The van der Waals surface area contributed by atoms with Gasteiger partial charge in [-0.3, -0.25) is 9.69 Å². The number of guanidine groups is 1. The van der Waals surface area contributed by atoms with Gasteiger partial charge in [0.15, 0.2) is 5.96 Å². The lowest BCUT2D eigenvalue weighted by Gasteiger charge is -2.39. The molecule has 1 aromatic carbocycles. The smallest absolute Gasteiger partial charge is 0.360 e. The Kier molecular flexibility index (Phi) is 9.86. The largest absolute Gasteiger partial charge is 0.403 e. The third kappa shape index (κ3) is 7.12. The fourth-order valence-electron chi connectivity index (χ4n) is 3.79. The van der Waals surface area contributed by atoms with E-state index in [2.05, 4.69) is 10.6 Å². The van der Waals surface area contributed by atoms with Gasteiger partial charge in [0.1, 0.15) is 6.04 Å². The molecule has 0 aliphatic carbocycles. The summed E-state index contributed by atoms with van der Waals surface area (Å²) in [5.74, 6) is 0.749. The quantitative estimate of drug-likeness (QED) is 0.325. The maximum absolute atomic E-state index is 13.0. The summed E-state index contributed by atoms with van der Waals surface area (Å²) >= 11 is 0. The number of hydrogen-bond acceptors (Lipinski definition) is 4. The number of piperazine rings is 2. The van der Waals surface area contributed by atoms with Crippen molar-refractivity contribution < 1.29 is 18.0 Å². The van der Waals surface area contributed by atoms with Crippen LogP contribution in [-0.2, 0) is 11.3 Å². The molecule has 3 rings (SSSR count). The summed E-state index contributed by atoms with van der Waals surface area (Å²) < 4.78 is 38.9. The van der Waals surface area contributed by atoms with Crippen LogP contribution in [0.2, 0.25) is 0 Å². The van der Waals surface area contributed by atoms with Crippen molar-refractivity contribution in [3.8, 4) is 0 Å². The highest BCUT2D eigenvalue weighted by atomic mass is 127. The first kappa shape index (κ1) is 26.5. The standard InChI is InChI=1S/C21H31F3N6O.HI/c1-3-25-20(29-12-10-28(11-13-29)16(2)21(22,23)24)27-14-17-4-6-18(7-5-17)30-9-8-26-19(31)15-30;/h4-7,16H,3,8-15H2,1-2H3,(H,25,27)(H,26,31);1H. The number of amides is 1. The van der Waals surface area contributed by atoms with Gasteiger partial charge in [0.05, 0.1) is 13.1 Å². The Bertz CT molecular complexity index is 766. The molecular weight excluding hydrogens is 536 g/mol. The minimum absolute atomic E-state index is 0. The molecule has 7 nitrogen and oxygen atoms in total. The number of carbonyl (C=O) groups excluding carboxylic acids is 1. The Labute approximate surface area is 204 Å². The second kappa shape index (κ2) is 11.9. The predicted molar refractivity (Wildman–Crippen MR) is 131 cm³/mol. The summed E-state index contributed by atoms with van der Waals surface area (Å²) in [6.07, 6.45) is -4.20. The van der Waals surface area contributed by atoms with Gasteiger partial charge in [-0.1, -0.05) is 12.1 Å². The molecule has 0 spiro atoms. The molecule has 2 aliphatic rings. The summed E-state index contributed by atoms with van der Waals surface area (Å²) in [5.41, 5.74) is 2.04. The van der Waals surface area contributed by atoms with Crippen LogP contribution >= 0.6 is 24.0 Å². The minimum atomic E-state index is -4.20. The fraction of sp³-hybridized carbons (Fsp3) is 0.619. The van der Waals surface area contributed by atoms with E-state index >= 15 is 0 Å². The van der Waals surface area contributed by atoms with Crippen LogP contribution < -0.4 is 15.5 Å². The first-order valence-electron chi connectivity index (χ1n) is 10.7. The van der Waals surface area contributed by atoms with Gasteiger partial charge in [0.25, 0.3) is 0 Å². The lowest BCUT2D eigenvalue weighted by Crippen LogP contribution is -2.56. The van der Waals surface area contributed by atoms with E-state index in [1.54, 1.807) is 0 Å². The molecule has 1 atom stereocenters. The van der Waals surface area contributed by atoms with Gasteiger partial charge in [0.2, 0.25) is 5.91 Å². The number of hydrogen-bond donors (Lipinski definition) is 2. The summed E-state index contributed by atoms with van der Waals surface area (Å²) in [6.45, 7) is 7.85. The molecule has 2 fully saturated rings. The van der Waals surface area contributed by atoms with Crippen molar-refractivity contribution in [3.63, 3.8) is 0 Å². The number of nitrogens with one attached hydrogen (secondary N) is 2. The summed E-state index contributed by atoms with van der Waals surface area (Å²) in [5, 5.41) is 6.06. The highest BCUT2D eigenvalue weighted by Crippen LogP contribution is 2.25. The van der Waals surface area contributed by atoms with Crippen molar-refractivity contribution in [1.29, 1.82) is 0 Å². The highest BCUT2D eigenvalue weighted by Gasteiger charge is 2.41. The van der Waals surface area contributed by atoms with Crippen LogP contribution in [0.5, 0.6) is 0 Å². The molecule has 2 aliphatic heterocycles. The number of alkyl halides is 3.